The topological polar surface area (TPSA) is 56.3 Å². The van der Waals surface area contributed by atoms with Crippen LogP contribution in [-0.4, -0.2) is 78.9 Å². The van der Waals surface area contributed by atoms with Gasteiger partial charge in [0.2, 0.25) is 11.8 Å². The number of fused-ring (bicyclic) bond motifs is 1. The highest BCUT2D eigenvalue weighted by atomic mass is 16.5. The predicted octanol–water partition coefficient (Wildman–Crippen LogP) is 4.94. The summed E-state index contributed by atoms with van der Waals surface area (Å²) in [5, 5.41) is 0. The zero-order valence-electron chi connectivity index (χ0n) is 24.1. The maximum absolute atomic E-state index is 13.5. The van der Waals surface area contributed by atoms with Gasteiger partial charge in [-0.15, -0.1) is 0 Å². The number of para-hydroxylation sites is 2. The second-order valence-electron chi connectivity index (χ2n) is 11.0. The van der Waals surface area contributed by atoms with Gasteiger partial charge in [-0.1, -0.05) is 55.7 Å². The monoisotopic (exact) mass is 534 g/mol. The Morgan fingerprint density at radius 2 is 1.62 bits per heavy atom. The van der Waals surface area contributed by atoms with Crippen LogP contribution in [-0.2, 0) is 22.7 Å². The molecule has 2 aliphatic rings. The van der Waals surface area contributed by atoms with Gasteiger partial charge in [0.05, 0.1) is 13.2 Å². The Morgan fingerprint density at radius 1 is 0.897 bits per heavy atom. The molecule has 0 unspecified atom stereocenters. The van der Waals surface area contributed by atoms with Crippen molar-refractivity contribution in [3.63, 3.8) is 0 Å². The van der Waals surface area contributed by atoms with Crippen LogP contribution >= 0.6 is 0 Å². The molecule has 1 aliphatic heterocycles. The molecule has 212 valence electrons. The number of rotatable bonds is 7. The molecule has 0 aromatic heterocycles. The molecule has 7 heteroatoms. The molecule has 0 N–H and O–H groups in total. The minimum Gasteiger partial charge on any atom is -0.494 e. The molecule has 0 atom stereocenters. The molecule has 2 amide bonds. The molecule has 4 rings (SSSR count). The second kappa shape index (κ2) is 14.5. The fourth-order valence-electron chi connectivity index (χ4n) is 5.96. The van der Waals surface area contributed by atoms with E-state index in [-0.39, 0.29) is 11.8 Å². The van der Waals surface area contributed by atoms with Crippen molar-refractivity contribution in [2.45, 2.75) is 71.5 Å². The number of hydrogen-bond acceptors (Lipinski definition) is 5. The zero-order chi connectivity index (χ0) is 27.6. The summed E-state index contributed by atoms with van der Waals surface area (Å²) in [6.45, 7) is 9.21. The first-order valence-corrected chi connectivity index (χ1v) is 14.7. The van der Waals surface area contributed by atoms with Crippen LogP contribution < -0.4 is 9.64 Å². The molecule has 0 bridgehead atoms. The lowest BCUT2D eigenvalue weighted by atomic mass is 9.94. The van der Waals surface area contributed by atoms with Crippen molar-refractivity contribution in [2.75, 3.05) is 51.3 Å². The highest BCUT2D eigenvalue weighted by molar-refractivity contribution is 5.92. The Labute approximate surface area is 234 Å². The average molecular weight is 535 g/mol. The third-order valence-electron chi connectivity index (χ3n) is 8.19. The van der Waals surface area contributed by atoms with Crippen LogP contribution in [0, 0.1) is 0 Å². The van der Waals surface area contributed by atoms with Crippen molar-refractivity contribution in [1.29, 1.82) is 0 Å². The maximum atomic E-state index is 13.5. The van der Waals surface area contributed by atoms with Crippen molar-refractivity contribution in [2.24, 2.45) is 0 Å². The summed E-state index contributed by atoms with van der Waals surface area (Å²) in [5.74, 6) is 1.16. The van der Waals surface area contributed by atoms with Crippen LogP contribution in [0.3, 0.4) is 0 Å². The molecule has 1 fully saturated rings. The standard InChI is InChI=1S/C32H46N4O3/c1-4-39-31-18-11-9-14-28(31)24-34-19-12-20-36(26(2)37)30-17-10-8-13-27(30)23-35(22-21-34)25-32(38)33(3)29-15-6-5-7-16-29/h8-11,13-14,17-18,29H,4-7,12,15-16,19-25H2,1-3H3. The number of carbonyl (C=O) groups is 2. The van der Waals surface area contributed by atoms with Crippen LogP contribution in [0.1, 0.15) is 63.5 Å². The van der Waals surface area contributed by atoms with Crippen molar-refractivity contribution in [3.8, 4) is 5.75 Å². The molecule has 1 saturated carbocycles. The van der Waals surface area contributed by atoms with Crippen LogP contribution in [0.2, 0.25) is 0 Å². The summed E-state index contributed by atoms with van der Waals surface area (Å²) in [6.07, 6.45) is 6.76. The Hall–Kier alpha value is -2.90. The minimum atomic E-state index is 0.0506. The number of carbonyl (C=O) groups excluding carboxylic acids is 2. The zero-order valence-corrected chi connectivity index (χ0v) is 24.1. The predicted molar refractivity (Wildman–Crippen MR) is 157 cm³/mol. The Balaban J connectivity index is 1.56. The van der Waals surface area contributed by atoms with Crippen molar-refractivity contribution in [3.05, 3.63) is 59.7 Å². The van der Waals surface area contributed by atoms with Gasteiger partial charge in [-0.05, 0) is 43.9 Å². The highest BCUT2D eigenvalue weighted by Crippen LogP contribution is 2.26. The first kappa shape index (κ1) is 29.1. The van der Waals surface area contributed by atoms with Gasteiger partial charge >= 0.3 is 0 Å². The van der Waals surface area contributed by atoms with E-state index in [0.717, 1.165) is 62.4 Å². The Kier molecular flexibility index (Phi) is 10.8. The molecule has 0 spiro atoms. The van der Waals surface area contributed by atoms with Crippen molar-refractivity contribution >= 4 is 17.5 Å². The van der Waals surface area contributed by atoms with Gasteiger partial charge in [-0.25, -0.2) is 0 Å². The fraction of sp³-hybridized carbons (Fsp3) is 0.562. The van der Waals surface area contributed by atoms with Gasteiger partial charge in [0.15, 0.2) is 0 Å². The lowest BCUT2D eigenvalue weighted by molar-refractivity contribution is -0.134. The lowest BCUT2D eigenvalue weighted by Crippen LogP contribution is -2.45. The van der Waals surface area contributed by atoms with Gasteiger partial charge in [-0.2, -0.15) is 0 Å². The number of nitrogens with zero attached hydrogens (tertiary/aromatic N) is 4. The largest absolute Gasteiger partial charge is 0.494 e. The average Bonchev–Trinajstić information content (AvgIpc) is 2.98. The quantitative estimate of drug-likeness (QED) is 0.504. The Morgan fingerprint density at radius 3 is 2.38 bits per heavy atom. The normalized spacial score (nSPS) is 18.2. The van der Waals surface area contributed by atoms with E-state index in [9.17, 15) is 9.59 Å². The van der Waals surface area contributed by atoms with E-state index in [1.807, 2.05) is 54.1 Å². The first-order chi connectivity index (χ1) is 19.0. The molecule has 0 saturated heterocycles. The molecule has 7 nitrogen and oxygen atoms in total. The van der Waals surface area contributed by atoms with Crippen molar-refractivity contribution in [1.82, 2.24) is 14.7 Å². The summed E-state index contributed by atoms with van der Waals surface area (Å²) in [6, 6.07) is 16.8. The number of ether oxygens (including phenoxy) is 1. The smallest absolute Gasteiger partial charge is 0.236 e. The van der Waals surface area contributed by atoms with Gasteiger partial charge in [0, 0.05) is 70.5 Å². The van der Waals surface area contributed by atoms with E-state index >= 15 is 0 Å². The molecule has 39 heavy (non-hydrogen) atoms. The summed E-state index contributed by atoms with van der Waals surface area (Å²) in [4.78, 5) is 34.8. The lowest BCUT2D eigenvalue weighted by Gasteiger charge is -2.34. The summed E-state index contributed by atoms with van der Waals surface area (Å²) < 4.78 is 5.91. The highest BCUT2D eigenvalue weighted by Gasteiger charge is 2.25. The summed E-state index contributed by atoms with van der Waals surface area (Å²) >= 11 is 0. The third-order valence-corrected chi connectivity index (χ3v) is 8.19. The molecule has 2 aromatic carbocycles. The third kappa shape index (κ3) is 8.05. The van der Waals surface area contributed by atoms with E-state index in [1.165, 1.54) is 24.8 Å². The Bertz CT molecular complexity index is 1080. The maximum Gasteiger partial charge on any atom is 0.236 e. The number of benzene rings is 2. The van der Waals surface area contributed by atoms with Crippen LogP contribution in [0.15, 0.2) is 48.5 Å². The van der Waals surface area contributed by atoms with Crippen LogP contribution in [0.25, 0.3) is 0 Å². The van der Waals surface area contributed by atoms with E-state index in [0.29, 0.717) is 32.3 Å². The van der Waals surface area contributed by atoms with E-state index < -0.39 is 0 Å². The SMILES string of the molecule is CCOc1ccccc1CN1CCCN(C(C)=O)c2ccccc2CN(CC(=O)N(C)C2CCCCC2)CC1. The molecular weight excluding hydrogens is 488 g/mol. The molecule has 1 aliphatic carbocycles. The van der Waals surface area contributed by atoms with Crippen molar-refractivity contribution < 1.29 is 14.3 Å². The minimum absolute atomic E-state index is 0.0506. The molecule has 1 heterocycles. The number of likely N-dealkylation sites (N-methyl/N-ethyl adjacent to an activating group) is 1. The van der Waals surface area contributed by atoms with Crippen LogP contribution in [0.5, 0.6) is 5.75 Å². The van der Waals surface area contributed by atoms with Gasteiger partial charge in [0.25, 0.3) is 0 Å². The molecular formula is C32H46N4O3. The van der Waals surface area contributed by atoms with Gasteiger partial charge < -0.3 is 14.5 Å². The molecule has 0 radical (unpaired) electrons. The summed E-state index contributed by atoms with van der Waals surface area (Å²) in [5.41, 5.74) is 3.22. The second-order valence-corrected chi connectivity index (χ2v) is 11.0. The van der Waals surface area contributed by atoms with Crippen LogP contribution in [0.4, 0.5) is 5.69 Å². The van der Waals surface area contributed by atoms with E-state index in [4.69, 9.17) is 4.74 Å². The first-order valence-electron chi connectivity index (χ1n) is 14.7. The van der Waals surface area contributed by atoms with Gasteiger partial charge in [0.1, 0.15) is 5.75 Å². The number of hydrogen-bond donors (Lipinski definition) is 0. The fourth-order valence-corrected chi connectivity index (χ4v) is 5.96. The van der Waals surface area contributed by atoms with E-state index in [1.54, 1.807) is 6.92 Å². The van der Waals surface area contributed by atoms with E-state index in [2.05, 4.69) is 28.0 Å². The summed E-state index contributed by atoms with van der Waals surface area (Å²) in [7, 11) is 1.98. The molecule has 2 aromatic rings. The number of anilines is 1. The number of amides is 2. The van der Waals surface area contributed by atoms with Gasteiger partial charge in [-0.3, -0.25) is 19.4 Å².